The van der Waals surface area contributed by atoms with E-state index in [2.05, 4.69) is 53.8 Å². The van der Waals surface area contributed by atoms with Crippen molar-refractivity contribution in [3.63, 3.8) is 0 Å². The first kappa shape index (κ1) is 12.2. The Morgan fingerprint density at radius 2 is 1.79 bits per heavy atom. The molecule has 2 nitrogen and oxygen atoms in total. The van der Waals surface area contributed by atoms with Crippen LogP contribution in [0, 0.1) is 0 Å². The summed E-state index contributed by atoms with van der Waals surface area (Å²) < 4.78 is 6.12. The van der Waals surface area contributed by atoms with E-state index < -0.39 is 0 Å². The second-order valence-electron chi connectivity index (χ2n) is 5.00. The lowest BCUT2D eigenvalue weighted by Gasteiger charge is -2.16. The van der Waals surface area contributed by atoms with Crippen LogP contribution < -0.4 is 10.1 Å². The van der Waals surface area contributed by atoms with Gasteiger partial charge in [0.15, 0.2) is 0 Å². The van der Waals surface area contributed by atoms with Crippen LogP contribution in [-0.4, -0.2) is 19.2 Å². The molecule has 0 spiro atoms. The highest BCUT2D eigenvalue weighted by atomic mass is 16.5. The van der Waals surface area contributed by atoms with Crippen molar-refractivity contribution in [2.24, 2.45) is 0 Å². The lowest BCUT2D eigenvalue weighted by molar-refractivity contribution is 0.221. The molecule has 1 atom stereocenters. The van der Waals surface area contributed by atoms with Gasteiger partial charge in [-0.2, -0.15) is 0 Å². The lowest BCUT2D eigenvalue weighted by Crippen LogP contribution is -2.20. The Bertz CT molecular complexity index is 518. The average Bonchev–Trinajstić information content (AvgIpc) is 2.95. The molecule has 1 aliphatic heterocycles. The van der Waals surface area contributed by atoms with Gasteiger partial charge in [-0.05, 0) is 30.2 Å². The van der Waals surface area contributed by atoms with Crippen LogP contribution in [0.1, 0.15) is 17.5 Å². The van der Waals surface area contributed by atoms with E-state index in [9.17, 15) is 0 Å². The Hall–Kier alpha value is -1.80. The summed E-state index contributed by atoms with van der Waals surface area (Å²) in [4.78, 5) is 0. The first-order valence-electron chi connectivity index (χ1n) is 6.91. The summed E-state index contributed by atoms with van der Waals surface area (Å²) in [5.41, 5.74) is 2.59. The van der Waals surface area contributed by atoms with Gasteiger partial charge in [0.2, 0.25) is 0 Å². The molecule has 0 aliphatic carbocycles. The summed E-state index contributed by atoms with van der Waals surface area (Å²) in [5, 5.41) is 3.34. The Balaban J connectivity index is 1.77. The van der Waals surface area contributed by atoms with Gasteiger partial charge in [0.1, 0.15) is 11.9 Å². The molecule has 2 aromatic rings. The molecule has 1 saturated heterocycles. The number of hydrogen-bond donors (Lipinski definition) is 1. The van der Waals surface area contributed by atoms with Crippen molar-refractivity contribution in [2.75, 3.05) is 13.1 Å². The van der Waals surface area contributed by atoms with Crippen LogP contribution in [0.5, 0.6) is 5.75 Å². The molecule has 0 amide bonds. The van der Waals surface area contributed by atoms with Gasteiger partial charge in [-0.1, -0.05) is 48.5 Å². The fraction of sp³-hybridized carbons (Fsp3) is 0.294. The molecule has 3 rings (SSSR count). The third-order valence-electron chi connectivity index (χ3n) is 3.52. The highest BCUT2D eigenvalue weighted by molar-refractivity contribution is 5.37. The molecule has 0 unspecified atom stereocenters. The molecule has 0 bridgehead atoms. The average molecular weight is 253 g/mol. The van der Waals surface area contributed by atoms with Crippen LogP contribution in [0.3, 0.4) is 0 Å². The fourth-order valence-electron chi connectivity index (χ4n) is 2.49. The van der Waals surface area contributed by atoms with Gasteiger partial charge in [0.25, 0.3) is 0 Å². The van der Waals surface area contributed by atoms with Crippen molar-refractivity contribution in [1.82, 2.24) is 5.32 Å². The summed E-state index contributed by atoms with van der Waals surface area (Å²) >= 11 is 0. The molecular formula is C17H19NO. The Kier molecular flexibility index (Phi) is 3.80. The zero-order chi connectivity index (χ0) is 12.9. The van der Waals surface area contributed by atoms with Gasteiger partial charge in [-0.15, -0.1) is 0 Å². The van der Waals surface area contributed by atoms with Gasteiger partial charge in [0, 0.05) is 13.0 Å². The third-order valence-corrected chi connectivity index (χ3v) is 3.52. The first-order valence-corrected chi connectivity index (χ1v) is 6.91. The second-order valence-corrected chi connectivity index (χ2v) is 5.00. The van der Waals surface area contributed by atoms with Crippen molar-refractivity contribution in [2.45, 2.75) is 18.9 Å². The van der Waals surface area contributed by atoms with Crippen LogP contribution in [0.15, 0.2) is 54.6 Å². The molecule has 2 aromatic carbocycles. The van der Waals surface area contributed by atoms with E-state index in [1.165, 1.54) is 11.1 Å². The van der Waals surface area contributed by atoms with E-state index in [1.807, 2.05) is 6.07 Å². The predicted molar refractivity (Wildman–Crippen MR) is 77.6 cm³/mol. The molecule has 2 heteroatoms. The van der Waals surface area contributed by atoms with E-state index in [4.69, 9.17) is 4.74 Å². The molecule has 19 heavy (non-hydrogen) atoms. The smallest absolute Gasteiger partial charge is 0.123 e. The van der Waals surface area contributed by atoms with Crippen LogP contribution >= 0.6 is 0 Å². The molecule has 1 aliphatic rings. The zero-order valence-electron chi connectivity index (χ0n) is 11.0. The third kappa shape index (κ3) is 3.15. The quantitative estimate of drug-likeness (QED) is 0.904. The SMILES string of the molecule is c1ccc(Cc2ccccc2O[C@@H]2CCNC2)cc1. The Labute approximate surface area is 114 Å². The Morgan fingerprint density at radius 1 is 1.00 bits per heavy atom. The van der Waals surface area contributed by atoms with Crippen LogP contribution in [0.2, 0.25) is 0 Å². The molecule has 1 heterocycles. The van der Waals surface area contributed by atoms with Gasteiger partial charge in [-0.25, -0.2) is 0 Å². The predicted octanol–water partition coefficient (Wildman–Crippen LogP) is 3.02. The minimum atomic E-state index is 0.317. The minimum absolute atomic E-state index is 0.317. The monoisotopic (exact) mass is 253 g/mol. The molecule has 98 valence electrons. The maximum Gasteiger partial charge on any atom is 0.123 e. The summed E-state index contributed by atoms with van der Waals surface area (Å²) in [6, 6.07) is 18.9. The molecule has 0 saturated carbocycles. The molecule has 1 N–H and O–H groups in total. The highest BCUT2D eigenvalue weighted by Gasteiger charge is 2.17. The number of ether oxygens (including phenoxy) is 1. The normalized spacial score (nSPS) is 18.4. The molecule has 1 fully saturated rings. The fourth-order valence-corrected chi connectivity index (χ4v) is 2.49. The lowest BCUT2D eigenvalue weighted by atomic mass is 10.0. The Morgan fingerprint density at radius 3 is 2.58 bits per heavy atom. The number of nitrogens with one attached hydrogen (secondary N) is 1. The van der Waals surface area contributed by atoms with E-state index in [1.54, 1.807) is 0 Å². The van der Waals surface area contributed by atoms with Gasteiger partial charge >= 0.3 is 0 Å². The maximum atomic E-state index is 6.12. The van der Waals surface area contributed by atoms with E-state index in [0.29, 0.717) is 6.10 Å². The first-order chi connectivity index (χ1) is 9.42. The number of para-hydroxylation sites is 1. The molecular weight excluding hydrogens is 234 g/mol. The van der Waals surface area contributed by atoms with E-state index >= 15 is 0 Å². The molecule has 0 aromatic heterocycles. The van der Waals surface area contributed by atoms with Crippen molar-refractivity contribution >= 4 is 0 Å². The van der Waals surface area contributed by atoms with Crippen molar-refractivity contribution in [3.05, 3.63) is 65.7 Å². The summed E-state index contributed by atoms with van der Waals surface area (Å²) in [6.45, 7) is 2.02. The minimum Gasteiger partial charge on any atom is -0.489 e. The number of rotatable bonds is 4. The maximum absolute atomic E-state index is 6.12. The largest absolute Gasteiger partial charge is 0.489 e. The summed E-state index contributed by atoms with van der Waals surface area (Å²) in [7, 11) is 0. The zero-order valence-corrected chi connectivity index (χ0v) is 11.0. The standard InChI is InChI=1S/C17H19NO/c1-2-6-14(7-3-1)12-15-8-4-5-9-17(15)19-16-10-11-18-13-16/h1-9,16,18H,10-13H2/t16-/m1/s1. The van der Waals surface area contributed by atoms with Gasteiger partial charge in [0.05, 0.1) is 0 Å². The number of benzene rings is 2. The van der Waals surface area contributed by atoms with Crippen LogP contribution in [-0.2, 0) is 6.42 Å². The summed E-state index contributed by atoms with van der Waals surface area (Å²) in [6.07, 6.45) is 2.34. The van der Waals surface area contributed by atoms with Gasteiger partial charge < -0.3 is 10.1 Å². The van der Waals surface area contributed by atoms with Crippen molar-refractivity contribution in [3.8, 4) is 5.75 Å². The topological polar surface area (TPSA) is 21.3 Å². The van der Waals surface area contributed by atoms with Crippen LogP contribution in [0.25, 0.3) is 0 Å². The molecule has 0 radical (unpaired) electrons. The van der Waals surface area contributed by atoms with E-state index in [-0.39, 0.29) is 0 Å². The van der Waals surface area contributed by atoms with Gasteiger partial charge in [-0.3, -0.25) is 0 Å². The van der Waals surface area contributed by atoms with Crippen molar-refractivity contribution < 1.29 is 4.74 Å². The highest BCUT2D eigenvalue weighted by Crippen LogP contribution is 2.23. The second kappa shape index (κ2) is 5.89. The van der Waals surface area contributed by atoms with Crippen LogP contribution in [0.4, 0.5) is 0 Å². The number of hydrogen-bond acceptors (Lipinski definition) is 2. The van der Waals surface area contributed by atoms with E-state index in [0.717, 1.165) is 31.7 Å². The van der Waals surface area contributed by atoms with Crippen molar-refractivity contribution in [1.29, 1.82) is 0 Å². The summed E-state index contributed by atoms with van der Waals surface area (Å²) in [5.74, 6) is 1.03.